The first-order chi connectivity index (χ1) is 25.1. The van der Waals surface area contributed by atoms with Crippen LogP contribution in [-0.4, -0.2) is 80.6 Å². The third-order valence-electron chi connectivity index (χ3n) is 9.24. The average Bonchev–Trinajstić information content (AvgIpc) is 3.09. The molecule has 0 heterocycles. The number of ether oxygens (including phenoxy) is 3. The number of hydrogen-bond donors (Lipinski definition) is 1. The van der Waals surface area contributed by atoms with Gasteiger partial charge in [0.2, 0.25) is 0 Å². The number of aliphatic carboxylic acids is 1. The molecule has 0 aromatic rings. The van der Waals surface area contributed by atoms with Gasteiger partial charge in [-0.25, -0.2) is 4.79 Å². The number of carbonyl (C=O) groups excluding carboxylic acids is 2. The summed E-state index contributed by atoms with van der Waals surface area (Å²) in [5.74, 6) is -1.49. The van der Waals surface area contributed by atoms with E-state index < -0.39 is 18.1 Å². The lowest BCUT2D eigenvalue weighted by atomic mass is 10.1. The molecule has 0 spiro atoms. The molecule has 52 heavy (non-hydrogen) atoms. The number of likely N-dealkylation sites (N-methyl/N-ethyl adjacent to an activating group) is 1. The topological polar surface area (TPSA) is 99.1 Å². The molecule has 0 aliphatic rings. The summed E-state index contributed by atoms with van der Waals surface area (Å²) in [4.78, 5) is 36.8. The minimum atomic E-state index is -0.879. The summed E-state index contributed by atoms with van der Waals surface area (Å²) < 4.78 is 17.2. The highest BCUT2D eigenvalue weighted by Crippen LogP contribution is 2.13. The third-order valence-corrected chi connectivity index (χ3v) is 9.24. The molecule has 0 saturated heterocycles. The van der Waals surface area contributed by atoms with Crippen molar-refractivity contribution in [2.45, 2.75) is 187 Å². The van der Waals surface area contributed by atoms with Gasteiger partial charge in [-0.05, 0) is 64.2 Å². The monoisotopic (exact) mass is 735 g/mol. The molecule has 0 aromatic carbocycles. The van der Waals surface area contributed by atoms with Gasteiger partial charge in [0.25, 0.3) is 0 Å². The highest BCUT2D eigenvalue weighted by molar-refractivity contribution is 5.72. The van der Waals surface area contributed by atoms with Crippen molar-refractivity contribution >= 4 is 17.9 Å². The maximum absolute atomic E-state index is 12.7. The van der Waals surface area contributed by atoms with Crippen molar-refractivity contribution < 1.29 is 38.2 Å². The summed E-state index contributed by atoms with van der Waals surface area (Å²) in [7, 11) is 5.51. The van der Waals surface area contributed by atoms with Gasteiger partial charge in [-0.3, -0.25) is 9.59 Å². The molecule has 0 fully saturated rings. The molecule has 8 nitrogen and oxygen atoms in total. The number of unbranched alkanes of at least 4 members (excludes halogenated alkanes) is 17. The standard InChI is InChI=1S/C44H79NO7/c1-6-8-10-12-14-16-18-19-20-21-22-23-24-25-27-29-31-33-35-43(47)52-40(38-50-37-36-41(44(48)49)45(3,4)5)39-51-42(46)34-32-30-28-26-17-15-13-11-9-7-2/h11,13,16,18,20-21,40-41H,6-10,12,14-15,17,19,22-39H2,1-5H3/p+1/b13-11-,18-16-,21-20-. The quantitative estimate of drug-likeness (QED) is 0.0293. The van der Waals surface area contributed by atoms with E-state index in [2.05, 4.69) is 50.3 Å². The highest BCUT2D eigenvalue weighted by Gasteiger charge is 2.31. The lowest BCUT2D eigenvalue weighted by Crippen LogP contribution is -2.50. The van der Waals surface area contributed by atoms with E-state index in [9.17, 15) is 19.5 Å². The fourth-order valence-corrected chi connectivity index (χ4v) is 5.95. The van der Waals surface area contributed by atoms with Crippen LogP contribution >= 0.6 is 0 Å². The molecular formula is C44H80NO7+. The molecule has 8 heteroatoms. The first-order valence-electron chi connectivity index (χ1n) is 21.0. The number of allylic oxidation sites excluding steroid dienone is 6. The van der Waals surface area contributed by atoms with Crippen molar-refractivity contribution in [2.75, 3.05) is 41.0 Å². The largest absolute Gasteiger partial charge is 0.477 e. The van der Waals surface area contributed by atoms with Gasteiger partial charge < -0.3 is 23.8 Å². The zero-order valence-corrected chi connectivity index (χ0v) is 34.3. The highest BCUT2D eigenvalue weighted by atomic mass is 16.6. The summed E-state index contributed by atoms with van der Waals surface area (Å²) in [6.45, 7) is 4.63. The second-order valence-electron chi connectivity index (χ2n) is 15.2. The summed E-state index contributed by atoms with van der Waals surface area (Å²) in [5.41, 5.74) is 0. The Kier molecular flexibility index (Phi) is 33.9. The van der Waals surface area contributed by atoms with Crippen molar-refractivity contribution in [1.29, 1.82) is 0 Å². The molecular weight excluding hydrogens is 654 g/mol. The summed E-state index contributed by atoms with van der Waals surface area (Å²) in [6, 6.07) is -0.615. The fraction of sp³-hybridized carbons (Fsp3) is 0.795. The number of hydrogen-bond acceptors (Lipinski definition) is 6. The number of carboxylic acid groups (broad SMARTS) is 1. The third kappa shape index (κ3) is 33.4. The van der Waals surface area contributed by atoms with Crippen LogP contribution in [0.15, 0.2) is 36.5 Å². The van der Waals surface area contributed by atoms with E-state index in [1.165, 1.54) is 70.6 Å². The van der Waals surface area contributed by atoms with Crippen molar-refractivity contribution in [1.82, 2.24) is 0 Å². The number of carboxylic acids is 1. The van der Waals surface area contributed by atoms with Crippen LogP contribution in [0.25, 0.3) is 0 Å². The summed E-state index contributed by atoms with van der Waals surface area (Å²) >= 11 is 0. The smallest absolute Gasteiger partial charge is 0.362 e. The molecule has 0 aliphatic heterocycles. The minimum absolute atomic E-state index is 0.0558. The Morgan fingerprint density at radius 2 is 1.06 bits per heavy atom. The van der Waals surface area contributed by atoms with E-state index in [0.717, 1.165) is 70.6 Å². The minimum Gasteiger partial charge on any atom is -0.477 e. The Morgan fingerprint density at radius 3 is 1.58 bits per heavy atom. The van der Waals surface area contributed by atoms with Gasteiger partial charge in [0, 0.05) is 19.3 Å². The Hall–Kier alpha value is -2.45. The van der Waals surface area contributed by atoms with Crippen LogP contribution in [0.4, 0.5) is 0 Å². The number of quaternary nitrogens is 1. The van der Waals surface area contributed by atoms with Crippen molar-refractivity contribution in [3.05, 3.63) is 36.5 Å². The number of nitrogens with zero attached hydrogens (tertiary/aromatic N) is 1. The van der Waals surface area contributed by atoms with Gasteiger partial charge in [-0.1, -0.05) is 127 Å². The maximum atomic E-state index is 12.7. The van der Waals surface area contributed by atoms with Gasteiger partial charge >= 0.3 is 17.9 Å². The van der Waals surface area contributed by atoms with E-state index in [4.69, 9.17) is 14.2 Å². The lowest BCUT2D eigenvalue weighted by Gasteiger charge is -2.31. The zero-order chi connectivity index (χ0) is 38.5. The van der Waals surface area contributed by atoms with Gasteiger partial charge in [0.05, 0.1) is 34.4 Å². The number of esters is 2. The first-order valence-corrected chi connectivity index (χ1v) is 21.0. The van der Waals surface area contributed by atoms with Crippen LogP contribution < -0.4 is 0 Å². The predicted molar refractivity (Wildman–Crippen MR) is 215 cm³/mol. The molecule has 0 aliphatic carbocycles. The van der Waals surface area contributed by atoms with Crippen molar-refractivity contribution in [2.24, 2.45) is 0 Å². The van der Waals surface area contributed by atoms with Crippen LogP contribution in [0.5, 0.6) is 0 Å². The Bertz CT molecular complexity index is 953. The maximum Gasteiger partial charge on any atom is 0.362 e. The Labute approximate surface area is 319 Å². The molecule has 0 radical (unpaired) electrons. The molecule has 0 amide bonds. The van der Waals surface area contributed by atoms with Crippen LogP contribution in [-0.2, 0) is 28.6 Å². The SMILES string of the molecule is CCC/C=C\CCCCCCCC(=O)OCC(COCCC(C(=O)O)[N+](C)(C)C)OC(=O)CCCCCCCCC/C=C\C/C=C\CCCCCC. The number of rotatable bonds is 37. The van der Waals surface area contributed by atoms with Gasteiger partial charge in [-0.2, -0.15) is 0 Å². The van der Waals surface area contributed by atoms with E-state index in [-0.39, 0.29) is 36.2 Å². The van der Waals surface area contributed by atoms with E-state index in [1.54, 1.807) is 0 Å². The second kappa shape index (κ2) is 35.6. The van der Waals surface area contributed by atoms with E-state index >= 15 is 0 Å². The van der Waals surface area contributed by atoms with Crippen LogP contribution in [0.2, 0.25) is 0 Å². The Morgan fingerprint density at radius 1 is 0.577 bits per heavy atom. The van der Waals surface area contributed by atoms with Crippen molar-refractivity contribution in [3.8, 4) is 0 Å². The zero-order valence-electron chi connectivity index (χ0n) is 34.3. The lowest BCUT2D eigenvalue weighted by molar-refractivity contribution is -0.887. The van der Waals surface area contributed by atoms with Gasteiger partial charge in [0.1, 0.15) is 6.61 Å². The summed E-state index contributed by atoms with van der Waals surface area (Å²) in [5, 5.41) is 9.59. The van der Waals surface area contributed by atoms with E-state index in [1.807, 2.05) is 21.1 Å². The molecule has 0 bridgehead atoms. The molecule has 302 valence electrons. The molecule has 2 atom stereocenters. The Balaban J connectivity index is 4.35. The first kappa shape index (κ1) is 49.6. The molecule has 0 aromatic heterocycles. The van der Waals surface area contributed by atoms with Gasteiger partial charge in [0.15, 0.2) is 12.1 Å². The molecule has 0 rings (SSSR count). The predicted octanol–water partition coefficient (Wildman–Crippen LogP) is 11.1. The average molecular weight is 735 g/mol. The van der Waals surface area contributed by atoms with Gasteiger partial charge in [-0.15, -0.1) is 0 Å². The molecule has 2 unspecified atom stereocenters. The van der Waals surface area contributed by atoms with Crippen LogP contribution in [0.1, 0.15) is 174 Å². The van der Waals surface area contributed by atoms with Crippen LogP contribution in [0.3, 0.4) is 0 Å². The van der Waals surface area contributed by atoms with Crippen LogP contribution in [0, 0.1) is 0 Å². The fourth-order valence-electron chi connectivity index (χ4n) is 5.95. The second-order valence-corrected chi connectivity index (χ2v) is 15.2. The van der Waals surface area contributed by atoms with Crippen molar-refractivity contribution in [3.63, 3.8) is 0 Å². The normalized spacial score (nSPS) is 13.3. The molecule has 0 saturated carbocycles. The van der Waals surface area contributed by atoms with E-state index in [0.29, 0.717) is 19.3 Å². The number of carbonyl (C=O) groups is 3. The summed E-state index contributed by atoms with van der Waals surface area (Å²) in [6.07, 6.45) is 39.0. The molecule has 1 N–H and O–H groups in total.